The number of carbonyl (C=O) groups excluding carboxylic acids is 1. The van der Waals surface area contributed by atoms with Crippen molar-refractivity contribution in [3.05, 3.63) is 29.8 Å². The Bertz CT molecular complexity index is 452. The van der Waals surface area contributed by atoms with E-state index in [1.165, 1.54) is 12.1 Å². The van der Waals surface area contributed by atoms with Gasteiger partial charge < -0.3 is 15.1 Å². The zero-order valence-corrected chi connectivity index (χ0v) is 9.17. The number of carboxylic acids is 1. The number of likely N-dealkylation sites (tertiary alicyclic amines) is 1. The molecule has 2 N–H and O–H groups in total. The number of amides is 1. The van der Waals surface area contributed by atoms with Crippen molar-refractivity contribution in [2.75, 3.05) is 13.1 Å². The minimum Gasteiger partial charge on any atom is -0.508 e. The molecule has 1 aliphatic heterocycles. The molecule has 0 aliphatic carbocycles. The summed E-state index contributed by atoms with van der Waals surface area (Å²) in [6.07, 6.45) is 0.101. The van der Waals surface area contributed by atoms with Crippen molar-refractivity contribution >= 4 is 11.9 Å². The SMILES string of the molecule is O=C(O)CC1CN(C(=O)c2cccc(O)c2)C1. The Balaban J connectivity index is 1.93. The van der Waals surface area contributed by atoms with E-state index in [1.54, 1.807) is 17.0 Å². The topological polar surface area (TPSA) is 77.8 Å². The van der Waals surface area contributed by atoms with E-state index in [0.29, 0.717) is 18.7 Å². The van der Waals surface area contributed by atoms with Crippen LogP contribution >= 0.6 is 0 Å². The van der Waals surface area contributed by atoms with E-state index in [2.05, 4.69) is 0 Å². The number of carboxylic acid groups (broad SMARTS) is 1. The smallest absolute Gasteiger partial charge is 0.303 e. The Morgan fingerprint density at radius 2 is 2.06 bits per heavy atom. The van der Waals surface area contributed by atoms with E-state index < -0.39 is 5.97 Å². The quantitative estimate of drug-likeness (QED) is 0.817. The number of phenolic OH excluding ortho intramolecular Hbond substituents is 1. The van der Waals surface area contributed by atoms with Crippen molar-refractivity contribution in [1.29, 1.82) is 0 Å². The minimum absolute atomic E-state index is 0.0498. The molecular formula is C12H13NO4. The molecule has 1 aromatic carbocycles. The lowest BCUT2D eigenvalue weighted by atomic mass is 9.95. The number of rotatable bonds is 3. The van der Waals surface area contributed by atoms with Gasteiger partial charge in [-0.1, -0.05) is 6.07 Å². The largest absolute Gasteiger partial charge is 0.508 e. The van der Waals surface area contributed by atoms with Crippen molar-refractivity contribution in [3.63, 3.8) is 0 Å². The molecule has 0 atom stereocenters. The van der Waals surface area contributed by atoms with Gasteiger partial charge in [-0.3, -0.25) is 9.59 Å². The van der Waals surface area contributed by atoms with Gasteiger partial charge >= 0.3 is 5.97 Å². The predicted molar refractivity (Wildman–Crippen MR) is 59.8 cm³/mol. The Hall–Kier alpha value is -2.04. The first kappa shape index (κ1) is 11.4. The van der Waals surface area contributed by atoms with Crippen LogP contribution in [-0.2, 0) is 4.79 Å². The predicted octanol–water partition coefficient (Wildman–Crippen LogP) is 0.939. The van der Waals surface area contributed by atoms with Gasteiger partial charge in [-0.05, 0) is 18.2 Å². The molecule has 1 heterocycles. The minimum atomic E-state index is -0.834. The van der Waals surface area contributed by atoms with Crippen LogP contribution in [0.2, 0.25) is 0 Å². The molecule has 0 bridgehead atoms. The lowest BCUT2D eigenvalue weighted by Crippen LogP contribution is -2.50. The van der Waals surface area contributed by atoms with Crippen molar-refractivity contribution in [2.24, 2.45) is 5.92 Å². The highest BCUT2D eigenvalue weighted by atomic mass is 16.4. The molecular weight excluding hydrogens is 222 g/mol. The fourth-order valence-electron chi connectivity index (χ4n) is 1.93. The summed E-state index contributed by atoms with van der Waals surface area (Å²) in [5, 5.41) is 17.8. The number of benzene rings is 1. The van der Waals surface area contributed by atoms with Crippen LogP contribution in [0.15, 0.2) is 24.3 Å². The third-order valence-corrected chi connectivity index (χ3v) is 2.80. The average molecular weight is 235 g/mol. The first-order chi connectivity index (χ1) is 8.06. The van der Waals surface area contributed by atoms with Crippen LogP contribution in [0.4, 0.5) is 0 Å². The van der Waals surface area contributed by atoms with Crippen molar-refractivity contribution in [2.45, 2.75) is 6.42 Å². The number of phenols is 1. The Labute approximate surface area is 98.3 Å². The molecule has 90 valence electrons. The normalized spacial score (nSPS) is 15.4. The average Bonchev–Trinajstić information content (AvgIpc) is 2.21. The van der Waals surface area contributed by atoms with E-state index in [0.717, 1.165) is 0 Å². The molecule has 0 radical (unpaired) electrons. The summed E-state index contributed by atoms with van der Waals surface area (Å²) >= 11 is 0. The lowest BCUT2D eigenvalue weighted by Gasteiger charge is -2.38. The molecule has 0 spiro atoms. The monoisotopic (exact) mass is 235 g/mol. The summed E-state index contributed by atoms with van der Waals surface area (Å²) in [7, 11) is 0. The van der Waals surface area contributed by atoms with Crippen LogP contribution in [0.25, 0.3) is 0 Å². The maximum absolute atomic E-state index is 11.9. The lowest BCUT2D eigenvalue weighted by molar-refractivity contribution is -0.139. The molecule has 1 aliphatic rings. The summed E-state index contributed by atoms with van der Waals surface area (Å²) in [6.45, 7) is 0.946. The third kappa shape index (κ3) is 2.55. The van der Waals surface area contributed by atoms with Gasteiger partial charge in [0.2, 0.25) is 0 Å². The van der Waals surface area contributed by atoms with Crippen LogP contribution in [0.1, 0.15) is 16.8 Å². The third-order valence-electron chi connectivity index (χ3n) is 2.80. The molecule has 0 unspecified atom stereocenters. The van der Waals surface area contributed by atoms with Crippen molar-refractivity contribution in [1.82, 2.24) is 4.90 Å². The second kappa shape index (κ2) is 4.45. The standard InChI is InChI=1S/C12H13NO4/c14-10-3-1-2-9(5-10)12(17)13-6-8(7-13)4-11(15)16/h1-3,5,8,14H,4,6-7H2,(H,15,16). The molecule has 1 amide bonds. The summed E-state index contributed by atoms with van der Waals surface area (Å²) in [5.74, 6) is -0.894. The number of aromatic hydroxyl groups is 1. The van der Waals surface area contributed by atoms with E-state index >= 15 is 0 Å². The van der Waals surface area contributed by atoms with E-state index in [4.69, 9.17) is 5.11 Å². The molecule has 5 heteroatoms. The van der Waals surface area contributed by atoms with Gasteiger partial charge in [0.1, 0.15) is 5.75 Å². The van der Waals surface area contributed by atoms with Crippen LogP contribution < -0.4 is 0 Å². The summed E-state index contributed by atoms with van der Waals surface area (Å²) in [6, 6.07) is 6.15. The molecule has 1 fully saturated rings. The van der Waals surface area contributed by atoms with Gasteiger partial charge in [0.15, 0.2) is 0 Å². The summed E-state index contributed by atoms with van der Waals surface area (Å²) in [5.41, 5.74) is 0.429. The highest BCUT2D eigenvalue weighted by Crippen LogP contribution is 2.22. The Morgan fingerprint density at radius 3 is 2.65 bits per heavy atom. The number of aliphatic carboxylic acids is 1. The van der Waals surface area contributed by atoms with E-state index in [9.17, 15) is 14.7 Å². The van der Waals surface area contributed by atoms with Crippen molar-refractivity contribution < 1.29 is 19.8 Å². The van der Waals surface area contributed by atoms with E-state index in [1.807, 2.05) is 0 Å². The molecule has 5 nitrogen and oxygen atoms in total. The van der Waals surface area contributed by atoms with Gasteiger partial charge in [0.05, 0.1) is 6.42 Å². The van der Waals surface area contributed by atoms with Crippen LogP contribution in [0.5, 0.6) is 5.75 Å². The van der Waals surface area contributed by atoms with Crippen molar-refractivity contribution in [3.8, 4) is 5.75 Å². The highest BCUT2D eigenvalue weighted by molar-refractivity contribution is 5.95. The summed E-state index contributed by atoms with van der Waals surface area (Å²) < 4.78 is 0. The number of nitrogens with zero attached hydrogens (tertiary/aromatic N) is 1. The van der Waals surface area contributed by atoms with Gasteiger partial charge in [-0.15, -0.1) is 0 Å². The molecule has 0 saturated carbocycles. The first-order valence-corrected chi connectivity index (χ1v) is 5.36. The zero-order valence-electron chi connectivity index (χ0n) is 9.17. The van der Waals surface area contributed by atoms with Crippen LogP contribution in [0, 0.1) is 5.92 Å². The molecule has 1 aromatic rings. The fraction of sp³-hybridized carbons (Fsp3) is 0.333. The number of carbonyl (C=O) groups is 2. The van der Waals surface area contributed by atoms with Crippen LogP contribution in [-0.4, -0.2) is 40.1 Å². The highest BCUT2D eigenvalue weighted by Gasteiger charge is 2.32. The molecule has 1 saturated heterocycles. The Morgan fingerprint density at radius 1 is 1.35 bits per heavy atom. The van der Waals surface area contributed by atoms with Gasteiger partial charge in [-0.2, -0.15) is 0 Å². The summed E-state index contributed by atoms with van der Waals surface area (Å²) in [4.78, 5) is 23.9. The van der Waals surface area contributed by atoms with Gasteiger partial charge in [0.25, 0.3) is 5.91 Å². The number of hydrogen-bond donors (Lipinski definition) is 2. The molecule has 17 heavy (non-hydrogen) atoms. The Kier molecular flexibility index (Phi) is 2.99. The molecule has 0 aromatic heterocycles. The molecule has 2 rings (SSSR count). The maximum Gasteiger partial charge on any atom is 0.303 e. The second-order valence-electron chi connectivity index (χ2n) is 4.22. The first-order valence-electron chi connectivity index (χ1n) is 5.36. The zero-order chi connectivity index (χ0) is 12.4. The van der Waals surface area contributed by atoms with E-state index in [-0.39, 0.29) is 24.0 Å². The number of hydrogen-bond acceptors (Lipinski definition) is 3. The maximum atomic E-state index is 11.9. The van der Waals surface area contributed by atoms with Crippen LogP contribution in [0.3, 0.4) is 0 Å². The second-order valence-corrected chi connectivity index (χ2v) is 4.22. The fourth-order valence-corrected chi connectivity index (χ4v) is 1.93. The van der Waals surface area contributed by atoms with Gasteiger partial charge in [-0.25, -0.2) is 0 Å². The van der Waals surface area contributed by atoms with Gasteiger partial charge in [0, 0.05) is 24.6 Å².